The van der Waals surface area contributed by atoms with Crippen LogP contribution in [-0.4, -0.2) is 70.5 Å². The van der Waals surface area contributed by atoms with E-state index in [4.69, 9.17) is 28.0 Å². The molecule has 14 nitrogen and oxygen atoms in total. The maximum absolute atomic E-state index is 12.5. The maximum Gasteiger partial charge on any atom is 0.326 e. The van der Waals surface area contributed by atoms with E-state index in [9.17, 15) is 29.1 Å². The highest BCUT2D eigenvalue weighted by molar-refractivity contribution is 5.93. The largest absolute Gasteiger partial charge is 0.481 e. The van der Waals surface area contributed by atoms with Crippen LogP contribution >= 0.6 is 0 Å². The zero-order chi connectivity index (χ0) is 22.6. The van der Waals surface area contributed by atoms with Gasteiger partial charge >= 0.3 is 11.9 Å². The molecule has 0 aromatic carbocycles. The quantitative estimate of drug-likeness (QED) is 0.0774. The van der Waals surface area contributed by atoms with Crippen LogP contribution in [0.2, 0.25) is 0 Å². The number of carboxylic acid groups (broad SMARTS) is 2. The number of carbonyl (C=O) groups excluding carboxylic acids is 3. The van der Waals surface area contributed by atoms with Crippen LogP contribution in [0.5, 0.6) is 0 Å². The third-order valence-electron chi connectivity index (χ3n) is 3.60. The van der Waals surface area contributed by atoms with Gasteiger partial charge in [0.15, 0.2) is 5.96 Å². The molecule has 0 spiro atoms. The molecule has 0 saturated carbocycles. The van der Waals surface area contributed by atoms with Gasteiger partial charge in [-0.05, 0) is 19.3 Å². The predicted molar refractivity (Wildman–Crippen MR) is 100 cm³/mol. The van der Waals surface area contributed by atoms with Crippen LogP contribution < -0.4 is 33.6 Å². The van der Waals surface area contributed by atoms with Crippen molar-refractivity contribution < 1.29 is 34.2 Å². The summed E-state index contributed by atoms with van der Waals surface area (Å²) in [5.74, 6) is -5.38. The number of rotatable bonds is 14. The first-order chi connectivity index (χ1) is 13.4. The fourth-order valence-corrected chi connectivity index (χ4v) is 2.15. The van der Waals surface area contributed by atoms with Gasteiger partial charge in [0.05, 0.1) is 12.5 Å². The Morgan fingerprint density at radius 1 is 0.897 bits per heavy atom. The molecule has 0 aliphatic heterocycles. The molecule has 0 aliphatic rings. The van der Waals surface area contributed by atoms with Crippen LogP contribution in [-0.2, 0) is 24.0 Å². The standard InChI is InChI=1S/C15H27N7O7/c16-7(6-11(24)25)12(26)21-8(2-1-5-20-15(18)19)13(27)22-9(14(28)29)3-4-10(17)23/h7-9H,1-6,16H2,(H2,17,23)(H,21,26)(H,22,27)(H,24,25)(H,28,29)(H4,18,19,20). The topological polar surface area (TPSA) is 266 Å². The van der Waals surface area contributed by atoms with E-state index in [1.165, 1.54) is 0 Å². The van der Waals surface area contributed by atoms with E-state index in [-0.39, 0.29) is 38.2 Å². The zero-order valence-corrected chi connectivity index (χ0v) is 15.7. The molecule has 164 valence electrons. The van der Waals surface area contributed by atoms with Gasteiger partial charge in [-0.2, -0.15) is 0 Å². The van der Waals surface area contributed by atoms with Gasteiger partial charge in [-0.25, -0.2) is 4.79 Å². The highest BCUT2D eigenvalue weighted by Crippen LogP contribution is 2.04. The molecule has 0 aliphatic carbocycles. The number of aliphatic imine (C=N–C) groups is 1. The molecule has 0 aromatic heterocycles. The van der Waals surface area contributed by atoms with Gasteiger partial charge in [-0.1, -0.05) is 0 Å². The summed E-state index contributed by atoms with van der Waals surface area (Å²) in [6.45, 7) is 0.132. The molecule has 0 radical (unpaired) electrons. The number of carbonyl (C=O) groups is 5. The molecule has 3 unspecified atom stereocenters. The van der Waals surface area contributed by atoms with E-state index in [1.807, 2.05) is 0 Å². The smallest absolute Gasteiger partial charge is 0.326 e. The third kappa shape index (κ3) is 11.8. The van der Waals surface area contributed by atoms with Crippen LogP contribution in [0.1, 0.15) is 32.1 Å². The van der Waals surface area contributed by atoms with Gasteiger partial charge in [-0.3, -0.25) is 24.2 Å². The maximum atomic E-state index is 12.5. The number of nitrogens with two attached hydrogens (primary N) is 4. The molecular weight excluding hydrogens is 390 g/mol. The second-order valence-electron chi connectivity index (χ2n) is 6.12. The molecule has 3 amide bonds. The van der Waals surface area contributed by atoms with Gasteiger partial charge in [0, 0.05) is 13.0 Å². The first kappa shape index (κ1) is 25.6. The number of guanidine groups is 1. The highest BCUT2D eigenvalue weighted by atomic mass is 16.4. The van der Waals surface area contributed by atoms with Gasteiger partial charge < -0.3 is 43.8 Å². The lowest BCUT2D eigenvalue weighted by atomic mass is 10.1. The summed E-state index contributed by atoms with van der Waals surface area (Å²) < 4.78 is 0. The van der Waals surface area contributed by atoms with E-state index >= 15 is 0 Å². The SMILES string of the molecule is NC(=O)CCC(NC(=O)C(CCCN=C(N)N)NC(=O)C(N)CC(=O)O)C(=O)O. The normalized spacial score (nSPS) is 13.4. The molecule has 3 atom stereocenters. The Bertz CT molecular complexity index is 649. The minimum atomic E-state index is -1.42. The summed E-state index contributed by atoms with van der Waals surface area (Å²) in [5, 5.41) is 22.4. The van der Waals surface area contributed by atoms with Crippen molar-refractivity contribution >= 4 is 35.6 Å². The molecule has 0 fully saturated rings. The third-order valence-corrected chi connectivity index (χ3v) is 3.60. The molecule has 12 N–H and O–H groups in total. The Balaban J connectivity index is 5.16. The Kier molecular flexibility index (Phi) is 11.4. The first-order valence-electron chi connectivity index (χ1n) is 8.58. The molecule has 29 heavy (non-hydrogen) atoms. The molecule has 14 heteroatoms. The van der Waals surface area contributed by atoms with E-state index in [0.717, 1.165) is 0 Å². The molecule has 0 bridgehead atoms. The minimum Gasteiger partial charge on any atom is -0.481 e. The van der Waals surface area contributed by atoms with Crippen LogP contribution in [0.4, 0.5) is 0 Å². The second kappa shape index (κ2) is 12.9. The summed E-state index contributed by atoms with van der Waals surface area (Å²) in [4.78, 5) is 61.0. The summed E-state index contributed by atoms with van der Waals surface area (Å²) >= 11 is 0. The monoisotopic (exact) mass is 417 g/mol. The van der Waals surface area contributed by atoms with Gasteiger partial charge in [0.2, 0.25) is 17.7 Å². The van der Waals surface area contributed by atoms with Crippen molar-refractivity contribution in [1.29, 1.82) is 0 Å². The number of aliphatic carboxylic acids is 2. The summed E-state index contributed by atoms with van der Waals surface area (Å²) in [6.07, 6.45) is -0.934. The number of nitrogens with zero attached hydrogens (tertiary/aromatic N) is 1. The number of carboxylic acids is 2. The number of hydrogen-bond donors (Lipinski definition) is 8. The van der Waals surface area contributed by atoms with E-state index in [2.05, 4.69) is 15.6 Å². The van der Waals surface area contributed by atoms with Crippen molar-refractivity contribution in [2.45, 2.75) is 50.2 Å². The molecular formula is C15H27N7O7. The summed E-state index contributed by atoms with van der Waals surface area (Å²) in [6, 6.07) is -4.06. The van der Waals surface area contributed by atoms with Crippen molar-refractivity contribution in [2.24, 2.45) is 27.9 Å². The second-order valence-corrected chi connectivity index (χ2v) is 6.12. The molecule has 0 heterocycles. The van der Waals surface area contributed by atoms with Crippen LogP contribution in [0, 0.1) is 0 Å². The van der Waals surface area contributed by atoms with Crippen molar-refractivity contribution in [3.05, 3.63) is 0 Å². The lowest BCUT2D eigenvalue weighted by Gasteiger charge is -2.22. The number of primary amides is 1. The van der Waals surface area contributed by atoms with Gasteiger partial charge in [-0.15, -0.1) is 0 Å². The Morgan fingerprint density at radius 3 is 1.97 bits per heavy atom. The molecule has 0 rings (SSSR count). The Hall–Kier alpha value is -3.42. The van der Waals surface area contributed by atoms with E-state index in [0.29, 0.717) is 0 Å². The van der Waals surface area contributed by atoms with Crippen molar-refractivity contribution in [3.8, 4) is 0 Å². The number of hydrogen-bond acceptors (Lipinski definition) is 7. The average Bonchev–Trinajstić information content (AvgIpc) is 2.59. The van der Waals surface area contributed by atoms with Crippen molar-refractivity contribution in [3.63, 3.8) is 0 Å². The Labute approximate surface area is 166 Å². The van der Waals surface area contributed by atoms with Gasteiger partial charge in [0.1, 0.15) is 12.1 Å². The zero-order valence-electron chi connectivity index (χ0n) is 15.7. The fourth-order valence-electron chi connectivity index (χ4n) is 2.15. The van der Waals surface area contributed by atoms with Crippen molar-refractivity contribution in [2.75, 3.05) is 6.54 Å². The number of amides is 3. The molecule has 0 aromatic rings. The van der Waals surface area contributed by atoms with Gasteiger partial charge in [0.25, 0.3) is 0 Å². The van der Waals surface area contributed by atoms with E-state index in [1.54, 1.807) is 0 Å². The predicted octanol–water partition coefficient (Wildman–Crippen LogP) is -3.84. The van der Waals surface area contributed by atoms with E-state index < -0.39 is 54.2 Å². The lowest BCUT2D eigenvalue weighted by Crippen LogP contribution is -2.54. The van der Waals surface area contributed by atoms with Crippen LogP contribution in [0.15, 0.2) is 4.99 Å². The Morgan fingerprint density at radius 2 is 1.48 bits per heavy atom. The first-order valence-corrected chi connectivity index (χ1v) is 8.58. The lowest BCUT2D eigenvalue weighted by molar-refractivity contribution is -0.143. The van der Waals surface area contributed by atoms with Crippen LogP contribution in [0.3, 0.4) is 0 Å². The van der Waals surface area contributed by atoms with Crippen molar-refractivity contribution in [1.82, 2.24) is 10.6 Å². The summed E-state index contributed by atoms with van der Waals surface area (Å²) in [5.41, 5.74) is 20.8. The fraction of sp³-hybridized carbons (Fsp3) is 0.600. The number of nitrogens with one attached hydrogen (secondary N) is 2. The minimum absolute atomic E-state index is 0.0102. The molecule has 0 saturated heterocycles. The average molecular weight is 417 g/mol. The summed E-state index contributed by atoms with van der Waals surface area (Å²) in [7, 11) is 0. The van der Waals surface area contributed by atoms with Crippen LogP contribution in [0.25, 0.3) is 0 Å². The highest BCUT2D eigenvalue weighted by Gasteiger charge is 2.28.